The maximum atomic E-state index is 4.46. The highest BCUT2D eigenvalue weighted by atomic mass is 15.3. The molecule has 0 aromatic carbocycles. The van der Waals surface area contributed by atoms with Crippen LogP contribution >= 0.6 is 0 Å². The molecule has 0 fully saturated rings. The highest BCUT2D eigenvalue weighted by Gasteiger charge is 2.11. The second-order valence-corrected chi connectivity index (χ2v) is 6.92. The summed E-state index contributed by atoms with van der Waals surface area (Å²) in [4.78, 5) is 4.46. The Labute approximate surface area is 151 Å². The van der Waals surface area contributed by atoms with Crippen LogP contribution in [-0.2, 0) is 6.42 Å². The van der Waals surface area contributed by atoms with Crippen LogP contribution in [0, 0.1) is 0 Å². The van der Waals surface area contributed by atoms with E-state index in [1.165, 1.54) is 11.1 Å². The first-order valence-corrected chi connectivity index (χ1v) is 8.76. The van der Waals surface area contributed by atoms with E-state index in [2.05, 4.69) is 58.3 Å². The van der Waals surface area contributed by atoms with E-state index in [1.807, 2.05) is 35.5 Å². The largest absolute Gasteiger partial charge is 0.237 e. The first-order valence-electron chi connectivity index (χ1n) is 8.76. The van der Waals surface area contributed by atoms with Crippen molar-refractivity contribution < 1.29 is 0 Å². The van der Waals surface area contributed by atoms with E-state index in [9.17, 15) is 0 Å². The molecule has 0 bridgehead atoms. The van der Waals surface area contributed by atoms with Crippen LogP contribution in [0.2, 0.25) is 0 Å². The molecule has 0 saturated carbocycles. The summed E-state index contributed by atoms with van der Waals surface area (Å²) in [7, 11) is 0. The molecule has 0 N–H and O–H groups in total. The molecule has 0 aliphatic carbocycles. The van der Waals surface area contributed by atoms with Crippen molar-refractivity contribution in [1.82, 2.24) is 34.6 Å². The van der Waals surface area contributed by atoms with Gasteiger partial charge in [0, 0.05) is 12.4 Å². The molecule has 0 aliphatic rings. The molecule has 0 amide bonds. The van der Waals surface area contributed by atoms with E-state index in [-0.39, 0.29) is 0 Å². The maximum absolute atomic E-state index is 4.46. The fraction of sp³-hybridized carbons (Fsp3) is 0.316. The van der Waals surface area contributed by atoms with Gasteiger partial charge in [-0.1, -0.05) is 20.8 Å². The summed E-state index contributed by atoms with van der Waals surface area (Å²) in [5.41, 5.74) is 4.33. The third kappa shape index (κ3) is 3.20. The Kier molecular flexibility index (Phi) is 4.20. The van der Waals surface area contributed by atoms with E-state index in [0.717, 1.165) is 23.4 Å². The van der Waals surface area contributed by atoms with Crippen LogP contribution < -0.4 is 0 Å². The van der Waals surface area contributed by atoms with Gasteiger partial charge in [-0.15, -0.1) is 10.2 Å². The number of fused-ring (bicyclic) bond motifs is 1. The zero-order valence-electron chi connectivity index (χ0n) is 15.1. The monoisotopic (exact) mass is 347 g/mol. The van der Waals surface area contributed by atoms with Crippen molar-refractivity contribution in [3.63, 3.8) is 0 Å². The predicted molar refractivity (Wildman–Crippen MR) is 98.3 cm³/mol. The molecule has 4 heterocycles. The number of rotatable bonds is 5. The fourth-order valence-electron chi connectivity index (χ4n) is 2.95. The number of pyridine rings is 1. The first kappa shape index (κ1) is 16.4. The van der Waals surface area contributed by atoms with E-state index < -0.39 is 0 Å². The van der Waals surface area contributed by atoms with Crippen LogP contribution in [-0.4, -0.2) is 34.6 Å². The van der Waals surface area contributed by atoms with Gasteiger partial charge < -0.3 is 0 Å². The molecule has 132 valence electrons. The van der Waals surface area contributed by atoms with Crippen LogP contribution in [0.3, 0.4) is 0 Å². The molecule has 1 atom stereocenters. The summed E-state index contributed by atoms with van der Waals surface area (Å²) in [5.74, 6) is 1.60. The molecular formula is C19H21N7. The molecule has 0 radical (unpaired) electrons. The minimum absolute atomic E-state index is 0.309. The van der Waals surface area contributed by atoms with Gasteiger partial charge in [0.15, 0.2) is 11.5 Å². The van der Waals surface area contributed by atoms with Crippen molar-refractivity contribution in [2.24, 2.45) is 0 Å². The van der Waals surface area contributed by atoms with Crippen molar-refractivity contribution >= 4 is 5.65 Å². The minimum Gasteiger partial charge on any atom is -0.237 e. The first-order chi connectivity index (χ1) is 12.6. The highest BCUT2D eigenvalue weighted by molar-refractivity contribution is 5.39. The summed E-state index contributed by atoms with van der Waals surface area (Å²) in [5, 5.41) is 16.7. The van der Waals surface area contributed by atoms with E-state index in [4.69, 9.17) is 0 Å². The molecule has 4 aromatic heterocycles. The smallest absolute Gasteiger partial charge is 0.177 e. The van der Waals surface area contributed by atoms with Gasteiger partial charge in [0.1, 0.15) is 6.33 Å². The third-order valence-corrected chi connectivity index (χ3v) is 4.61. The molecule has 26 heavy (non-hydrogen) atoms. The Morgan fingerprint density at radius 2 is 1.88 bits per heavy atom. The Hall–Kier alpha value is -3.09. The number of aromatic nitrogens is 7. The highest BCUT2D eigenvalue weighted by Crippen LogP contribution is 2.22. The van der Waals surface area contributed by atoms with Gasteiger partial charge in [0.05, 0.1) is 12.4 Å². The van der Waals surface area contributed by atoms with Gasteiger partial charge in [-0.2, -0.15) is 10.2 Å². The van der Waals surface area contributed by atoms with Crippen LogP contribution in [0.25, 0.3) is 11.5 Å². The standard InChI is InChI=1S/C19H21N7/c1-13(2)17-10-22-25(11-17)18-7-15(4-5-20-18)6-14(3)16-8-19-24-21-12-26(19)23-9-16/h4-5,7-14H,6H2,1-3H3/t14-/m0/s1. The van der Waals surface area contributed by atoms with E-state index in [0.29, 0.717) is 11.8 Å². The Balaban J connectivity index is 1.55. The van der Waals surface area contributed by atoms with Crippen molar-refractivity contribution in [2.75, 3.05) is 0 Å². The lowest BCUT2D eigenvalue weighted by atomic mass is 9.95. The summed E-state index contributed by atoms with van der Waals surface area (Å²) >= 11 is 0. The average Bonchev–Trinajstić information content (AvgIpc) is 3.30. The molecule has 7 heteroatoms. The zero-order chi connectivity index (χ0) is 18.1. The van der Waals surface area contributed by atoms with Crippen LogP contribution in [0.15, 0.2) is 49.3 Å². The molecule has 0 aliphatic heterocycles. The lowest BCUT2D eigenvalue weighted by Gasteiger charge is -2.12. The summed E-state index contributed by atoms with van der Waals surface area (Å²) in [6.07, 6.45) is 10.2. The van der Waals surface area contributed by atoms with Gasteiger partial charge >= 0.3 is 0 Å². The quantitative estimate of drug-likeness (QED) is 0.554. The second kappa shape index (κ2) is 6.67. The molecule has 7 nitrogen and oxygen atoms in total. The van der Waals surface area contributed by atoms with Gasteiger partial charge in [0.25, 0.3) is 0 Å². The van der Waals surface area contributed by atoms with E-state index >= 15 is 0 Å². The van der Waals surface area contributed by atoms with E-state index in [1.54, 1.807) is 10.8 Å². The molecule has 0 saturated heterocycles. The summed E-state index contributed by atoms with van der Waals surface area (Å²) in [6, 6.07) is 6.18. The molecule has 4 rings (SSSR count). The Morgan fingerprint density at radius 1 is 1.04 bits per heavy atom. The van der Waals surface area contributed by atoms with Crippen LogP contribution in [0.4, 0.5) is 0 Å². The zero-order valence-corrected chi connectivity index (χ0v) is 15.1. The minimum atomic E-state index is 0.309. The maximum Gasteiger partial charge on any atom is 0.177 e. The van der Waals surface area contributed by atoms with Crippen molar-refractivity contribution in [2.45, 2.75) is 39.0 Å². The number of hydrogen-bond acceptors (Lipinski definition) is 5. The summed E-state index contributed by atoms with van der Waals surface area (Å²) < 4.78 is 3.51. The van der Waals surface area contributed by atoms with Gasteiger partial charge in [-0.3, -0.25) is 0 Å². The fourth-order valence-corrected chi connectivity index (χ4v) is 2.95. The lowest BCUT2D eigenvalue weighted by molar-refractivity contribution is 0.740. The molecular weight excluding hydrogens is 326 g/mol. The van der Waals surface area contributed by atoms with Crippen molar-refractivity contribution in [3.05, 3.63) is 66.0 Å². The average molecular weight is 347 g/mol. The van der Waals surface area contributed by atoms with Gasteiger partial charge in [-0.05, 0) is 53.1 Å². The topological polar surface area (TPSA) is 73.8 Å². The number of hydrogen-bond donors (Lipinski definition) is 0. The predicted octanol–water partition coefficient (Wildman–Crippen LogP) is 3.17. The lowest BCUT2D eigenvalue weighted by Crippen LogP contribution is -2.04. The Morgan fingerprint density at radius 3 is 2.69 bits per heavy atom. The van der Waals surface area contributed by atoms with Crippen molar-refractivity contribution in [1.29, 1.82) is 0 Å². The van der Waals surface area contributed by atoms with Gasteiger partial charge in [-0.25, -0.2) is 14.2 Å². The number of nitrogens with zero attached hydrogens (tertiary/aromatic N) is 7. The SMILES string of the molecule is CC(C)c1cnn(-c2cc(C[C@H](C)c3cnn4cnnc4c3)ccn2)c1. The molecule has 4 aromatic rings. The van der Waals surface area contributed by atoms with Crippen molar-refractivity contribution in [3.8, 4) is 5.82 Å². The Bertz CT molecular complexity index is 1030. The van der Waals surface area contributed by atoms with Gasteiger partial charge in [0.2, 0.25) is 0 Å². The second-order valence-electron chi connectivity index (χ2n) is 6.92. The molecule has 0 unspecified atom stereocenters. The normalized spacial score (nSPS) is 12.8. The molecule has 0 spiro atoms. The van der Waals surface area contributed by atoms with Crippen LogP contribution in [0.5, 0.6) is 0 Å². The summed E-state index contributed by atoms with van der Waals surface area (Å²) in [6.45, 7) is 6.51. The van der Waals surface area contributed by atoms with Crippen LogP contribution in [0.1, 0.15) is 49.3 Å². The third-order valence-electron chi connectivity index (χ3n) is 4.61.